The Morgan fingerprint density at radius 1 is 1.53 bits per heavy atom. The topological polar surface area (TPSA) is 42.7 Å². The van der Waals surface area contributed by atoms with Gasteiger partial charge in [0.1, 0.15) is 0 Å². The van der Waals surface area contributed by atoms with Gasteiger partial charge in [-0.1, -0.05) is 6.92 Å². The van der Waals surface area contributed by atoms with Crippen LogP contribution in [0.5, 0.6) is 0 Å². The molecule has 4 nitrogen and oxygen atoms in total. The lowest BCUT2D eigenvalue weighted by Gasteiger charge is -2.17. The standard InChI is InChI=1S/C12H18N4S/c1-3-5-14-11(7-10-8-13-9-17-10)12-4-6-15-16(12)2/h4,6,8-9,11,14H,3,5,7H2,1-2H3. The molecule has 0 aliphatic rings. The quantitative estimate of drug-likeness (QED) is 0.854. The molecule has 0 spiro atoms. The SMILES string of the molecule is CCCNC(Cc1cncs1)c1ccnn1C. The molecule has 2 aromatic heterocycles. The molecule has 0 aliphatic heterocycles. The first-order chi connectivity index (χ1) is 8.31. The fourth-order valence-corrected chi connectivity index (χ4v) is 2.51. The molecule has 2 aromatic rings. The van der Waals surface area contributed by atoms with E-state index in [0.717, 1.165) is 19.4 Å². The monoisotopic (exact) mass is 250 g/mol. The zero-order chi connectivity index (χ0) is 12.1. The first-order valence-electron chi connectivity index (χ1n) is 5.90. The van der Waals surface area contributed by atoms with Gasteiger partial charge >= 0.3 is 0 Å². The van der Waals surface area contributed by atoms with E-state index in [1.54, 1.807) is 11.3 Å². The highest BCUT2D eigenvalue weighted by atomic mass is 32.1. The van der Waals surface area contributed by atoms with E-state index in [2.05, 4.69) is 28.4 Å². The van der Waals surface area contributed by atoms with Gasteiger partial charge in [-0.25, -0.2) is 0 Å². The first kappa shape index (κ1) is 12.3. The van der Waals surface area contributed by atoms with Crippen LogP contribution in [-0.4, -0.2) is 21.3 Å². The Hall–Kier alpha value is -1.20. The second kappa shape index (κ2) is 5.93. The highest BCUT2D eigenvalue weighted by molar-refractivity contribution is 7.09. The van der Waals surface area contributed by atoms with Crippen molar-refractivity contribution >= 4 is 11.3 Å². The van der Waals surface area contributed by atoms with Crippen LogP contribution in [0, 0.1) is 0 Å². The molecule has 0 aromatic carbocycles. The van der Waals surface area contributed by atoms with Crippen molar-refractivity contribution in [3.63, 3.8) is 0 Å². The van der Waals surface area contributed by atoms with Crippen LogP contribution in [0.3, 0.4) is 0 Å². The van der Waals surface area contributed by atoms with E-state index >= 15 is 0 Å². The number of thiazole rings is 1. The summed E-state index contributed by atoms with van der Waals surface area (Å²) in [7, 11) is 1.99. The molecular weight excluding hydrogens is 232 g/mol. The van der Waals surface area contributed by atoms with E-state index in [0.29, 0.717) is 6.04 Å². The zero-order valence-electron chi connectivity index (χ0n) is 10.3. The van der Waals surface area contributed by atoms with Crippen molar-refractivity contribution in [1.82, 2.24) is 20.1 Å². The minimum atomic E-state index is 0.322. The van der Waals surface area contributed by atoms with Crippen LogP contribution < -0.4 is 5.32 Å². The Labute approximate surface area is 106 Å². The van der Waals surface area contributed by atoms with Crippen LogP contribution in [0.1, 0.15) is 30.0 Å². The minimum Gasteiger partial charge on any atom is -0.308 e. The van der Waals surface area contributed by atoms with Gasteiger partial charge in [0.25, 0.3) is 0 Å². The molecular formula is C12H18N4S. The number of hydrogen-bond donors (Lipinski definition) is 1. The number of hydrogen-bond acceptors (Lipinski definition) is 4. The van der Waals surface area contributed by atoms with E-state index in [1.807, 2.05) is 29.6 Å². The molecule has 0 bridgehead atoms. The van der Waals surface area contributed by atoms with E-state index in [9.17, 15) is 0 Å². The molecule has 17 heavy (non-hydrogen) atoms. The molecule has 0 amide bonds. The number of aromatic nitrogens is 3. The highest BCUT2D eigenvalue weighted by Gasteiger charge is 2.15. The van der Waals surface area contributed by atoms with Gasteiger partial charge in [-0.2, -0.15) is 5.10 Å². The van der Waals surface area contributed by atoms with Crippen molar-refractivity contribution in [3.8, 4) is 0 Å². The van der Waals surface area contributed by atoms with E-state index < -0.39 is 0 Å². The second-order valence-corrected chi connectivity index (χ2v) is 5.03. The fourth-order valence-electron chi connectivity index (χ4n) is 1.87. The van der Waals surface area contributed by atoms with Gasteiger partial charge in [0.2, 0.25) is 0 Å². The third-order valence-electron chi connectivity index (χ3n) is 2.75. The van der Waals surface area contributed by atoms with Crippen LogP contribution in [0.2, 0.25) is 0 Å². The molecule has 0 fully saturated rings. The molecule has 0 saturated heterocycles. The summed E-state index contributed by atoms with van der Waals surface area (Å²) < 4.78 is 1.94. The largest absolute Gasteiger partial charge is 0.308 e. The Bertz CT molecular complexity index is 435. The number of rotatable bonds is 6. The maximum Gasteiger partial charge on any atom is 0.0794 e. The molecule has 0 radical (unpaired) electrons. The third-order valence-corrected chi connectivity index (χ3v) is 3.55. The van der Waals surface area contributed by atoms with Crippen LogP contribution in [0.4, 0.5) is 0 Å². The van der Waals surface area contributed by atoms with Crippen LogP contribution >= 0.6 is 11.3 Å². The summed E-state index contributed by atoms with van der Waals surface area (Å²) in [6, 6.07) is 2.40. The molecule has 2 heterocycles. The van der Waals surface area contributed by atoms with Crippen molar-refractivity contribution in [3.05, 3.63) is 34.5 Å². The van der Waals surface area contributed by atoms with Crippen LogP contribution in [0.15, 0.2) is 24.0 Å². The molecule has 0 saturated carbocycles. The number of nitrogens with one attached hydrogen (secondary N) is 1. The summed E-state index contributed by atoms with van der Waals surface area (Å²) in [5.74, 6) is 0. The summed E-state index contributed by atoms with van der Waals surface area (Å²) >= 11 is 1.71. The molecule has 92 valence electrons. The lowest BCUT2D eigenvalue weighted by atomic mass is 10.1. The van der Waals surface area contributed by atoms with E-state index in [4.69, 9.17) is 0 Å². The molecule has 5 heteroatoms. The van der Waals surface area contributed by atoms with Gasteiger partial charge in [0.05, 0.1) is 17.2 Å². The van der Waals surface area contributed by atoms with Gasteiger partial charge in [0.15, 0.2) is 0 Å². The Morgan fingerprint density at radius 2 is 2.41 bits per heavy atom. The summed E-state index contributed by atoms with van der Waals surface area (Å²) in [6.07, 6.45) is 5.91. The van der Waals surface area contributed by atoms with E-state index in [1.165, 1.54) is 10.6 Å². The number of aryl methyl sites for hydroxylation is 1. The normalized spacial score (nSPS) is 12.8. The lowest BCUT2D eigenvalue weighted by molar-refractivity contribution is 0.495. The lowest BCUT2D eigenvalue weighted by Crippen LogP contribution is -2.25. The van der Waals surface area contributed by atoms with Crippen molar-refractivity contribution in [2.24, 2.45) is 7.05 Å². The fraction of sp³-hybridized carbons (Fsp3) is 0.500. The summed E-state index contributed by atoms with van der Waals surface area (Å²) in [5, 5.41) is 7.81. The van der Waals surface area contributed by atoms with Gasteiger partial charge < -0.3 is 5.32 Å². The van der Waals surface area contributed by atoms with Crippen molar-refractivity contribution in [2.75, 3.05) is 6.54 Å². The first-order valence-corrected chi connectivity index (χ1v) is 6.78. The Kier molecular flexibility index (Phi) is 4.28. The third kappa shape index (κ3) is 3.14. The van der Waals surface area contributed by atoms with Gasteiger partial charge in [-0.05, 0) is 19.0 Å². The van der Waals surface area contributed by atoms with Crippen LogP contribution in [0.25, 0.3) is 0 Å². The molecule has 1 N–H and O–H groups in total. The zero-order valence-corrected chi connectivity index (χ0v) is 11.1. The average molecular weight is 250 g/mol. The summed E-state index contributed by atoms with van der Waals surface area (Å²) in [6.45, 7) is 3.20. The smallest absolute Gasteiger partial charge is 0.0794 e. The van der Waals surface area contributed by atoms with Gasteiger partial charge in [0, 0.05) is 30.7 Å². The highest BCUT2D eigenvalue weighted by Crippen LogP contribution is 2.19. The van der Waals surface area contributed by atoms with E-state index in [-0.39, 0.29) is 0 Å². The maximum absolute atomic E-state index is 4.24. The second-order valence-electron chi connectivity index (χ2n) is 4.06. The number of nitrogens with zero attached hydrogens (tertiary/aromatic N) is 3. The predicted octanol–water partition coefficient (Wildman–Crippen LogP) is 2.16. The average Bonchev–Trinajstić information content (AvgIpc) is 2.95. The van der Waals surface area contributed by atoms with Crippen molar-refractivity contribution in [1.29, 1.82) is 0 Å². The Balaban J connectivity index is 2.11. The van der Waals surface area contributed by atoms with Gasteiger partial charge in [-0.3, -0.25) is 9.67 Å². The molecule has 0 aliphatic carbocycles. The van der Waals surface area contributed by atoms with Crippen LogP contribution in [-0.2, 0) is 13.5 Å². The molecule has 2 rings (SSSR count). The Morgan fingerprint density at radius 3 is 3.00 bits per heavy atom. The summed E-state index contributed by atoms with van der Waals surface area (Å²) in [4.78, 5) is 5.43. The maximum atomic E-state index is 4.24. The molecule has 1 unspecified atom stereocenters. The van der Waals surface area contributed by atoms with Crippen molar-refractivity contribution < 1.29 is 0 Å². The predicted molar refractivity (Wildman–Crippen MR) is 70.1 cm³/mol. The molecule has 1 atom stereocenters. The van der Waals surface area contributed by atoms with Gasteiger partial charge in [-0.15, -0.1) is 11.3 Å². The van der Waals surface area contributed by atoms with Crippen molar-refractivity contribution in [2.45, 2.75) is 25.8 Å². The summed E-state index contributed by atoms with van der Waals surface area (Å²) in [5.41, 5.74) is 3.11. The minimum absolute atomic E-state index is 0.322.